The second-order valence-electron chi connectivity index (χ2n) is 13.1. The van der Waals surface area contributed by atoms with Gasteiger partial charge in [-0.05, 0) is 73.0 Å². The van der Waals surface area contributed by atoms with Crippen molar-refractivity contribution in [3.05, 3.63) is 187 Å². The van der Waals surface area contributed by atoms with E-state index in [9.17, 15) is 0 Å². The summed E-state index contributed by atoms with van der Waals surface area (Å²) in [6.07, 6.45) is 0. The van der Waals surface area contributed by atoms with Crippen LogP contribution in [0.4, 0.5) is 17.1 Å². The largest absolute Gasteiger partial charge is 0.454 e. The average molecular weight is 670 g/mol. The normalized spacial score (nSPS) is 11.3. The first-order valence-electron chi connectivity index (χ1n) is 17.6. The molecule has 9 rings (SSSR count). The Labute approximate surface area is 303 Å². The molecule has 0 aliphatic heterocycles. The zero-order valence-electron chi connectivity index (χ0n) is 29.0. The summed E-state index contributed by atoms with van der Waals surface area (Å²) >= 11 is 0. The Hall–Kier alpha value is -6.78. The summed E-state index contributed by atoms with van der Waals surface area (Å²) in [6, 6.07) is 61.1. The van der Waals surface area contributed by atoms with Crippen molar-refractivity contribution >= 4 is 39.0 Å². The first kappa shape index (κ1) is 31.2. The zero-order chi connectivity index (χ0) is 35.0. The van der Waals surface area contributed by atoms with Crippen LogP contribution < -0.4 is 4.90 Å². The van der Waals surface area contributed by atoms with Crippen LogP contribution in [0.3, 0.4) is 0 Å². The number of hydrogen-bond acceptors (Lipinski definition) is 4. The standard InChI is InChI=1S/C48H35N3O/c1-32-15-12-13-22-40(32)46-33(2)45(49-48(50-46)36-18-8-4-9-19-36)37-27-30-41-42-23-14-24-43(47(42)52-44(41)31-37)51(38-20-10-5-11-21-38)39-28-25-35(26-29-39)34-16-6-3-7-17-34/h3-31H,1-2H3. The van der Waals surface area contributed by atoms with Crippen molar-refractivity contribution in [1.29, 1.82) is 0 Å². The lowest BCUT2D eigenvalue weighted by Crippen LogP contribution is -2.10. The minimum Gasteiger partial charge on any atom is -0.454 e. The Morgan fingerprint density at radius 2 is 1.06 bits per heavy atom. The lowest BCUT2D eigenvalue weighted by molar-refractivity contribution is 0.669. The molecule has 0 atom stereocenters. The molecule has 0 amide bonds. The van der Waals surface area contributed by atoms with E-state index in [1.807, 2.05) is 30.3 Å². The van der Waals surface area contributed by atoms with Crippen LogP contribution in [-0.2, 0) is 0 Å². The third-order valence-electron chi connectivity index (χ3n) is 9.82. The summed E-state index contributed by atoms with van der Waals surface area (Å²) in [5, 5.41) is 2.12. The quantitative estimate of drug-likeness (QED) is 0.169. The number of anilines is 3. The smallest absolute Gasteiger partial charge is 0.160 e. The number of fused-ring (bicyclic) bond motifs is 3. The Morgan fingerprint density at radius 3 is 1.79 bits per heavy atom. The molecule has 4 heteroatoms. The number of aromatic nitrogens is 2. The van der Waals surface area contributed by atoms with E-state index in [1.165, 1.54) is 16.7 Å². The van der Waals surface area contributed by atoms with Gasteiger partial charge in [-0.15, -0.1) is 0 Å². The maximum absolute atomic E-state index is 6.87. The van der Waals surface area contributed by atoms with Gasteiger partial charge in [0.2, 0.25) is 0 Å². The molecule has 0 bridgehead atoms. The van der Waals surface area contributed by atoms with Crippen molar-refractivity contribution in [2.24, 2.45) is 0 Å². The fourth-order valence-electron chi connectivity index (χ4n) is 7.16. The minimum atomic E-state index is 0.697. The van der Waals surface area contributed by atoms with E-state index < -0.39 is 0 Å². The predicted molar refractivity (Wildman–Crippen MR) is 215 cm³/mol. The topological polar surface area (TPSA) is 42.2 Å². The van der Waals surface area contributed by atoms with E-state index >= 15 is 0 Å². The third kappa shape index (κ3) is 5.61. The maximum Gasteiger partial charge on any atom is 0.160 e. The molecule has 0 aliphatic rings. The monoisotopic (exact) mass is 669 g/mol. The van der Waals surface area contributed by atoms with Gasteiger partial charge in [0.1, 0.15) is 5.58 Å². The first-order chi connectivity index (χ1) is 25.6. The van der Waals surface area contributed by atoms with Gasteiger partial charge >= 0.3 is 0 Å². The number of aryl methyl sites for hydroxylation is 1. The molecule has 0 fully saturated rings. The molecule has 0 saturated carbocycles. The molecule has 0 spiro atoms. The molecule has 0 unspecified atom stereocenters. The molecule has 2 aromatic heterocycles. The molecular formula is C48H35N3O. The highest BCUT2D eigenvalue weighted by molar-refractivity contribution is 6.11. The highest BCUT2D eigenvalue weighted by atomic mass is 16.3. The molecule has 0 aliphatic carbocycles. The second kappa shape index (κ2) is 13.2. The van der Waals surface area contributed by atoms with Gasteiger partial charge < -0.3 is 9.32 Å². The van der Waals surface area contributed by atoms with E-state index in [0.717, 1.165) is 72.6 Å². The van der Waals surface area contributed by atoms with Crippen molar-refractivity contribution in [3.8, 4) is 45.0 Å². The van der Waals surface area contributed by atoms with Crippen molar-refractivity contribution in [2.75, 3.05) is 4.90 Å². The van der Waals surface area contributed by atoms with Gasteiger partial charge in [-0.25, -0.2) is 9.97 Å². The lowest BCUT2D eigenvalue weighted by Gasteiger charge is -2.25. The van der Waals surface area contributed by atoms with E-state index in [1.54, 1.807) is 0 Å². The van der Waals surface area contributed by atoms with Gasteiger partial charge in [0.15, 0.2) is 11.4 Å². The Bertz CT molecular complexity index is 2680. The van der Waals surface area contributed by atoms with Gasteiger partial charge in [-0.1, -0.05) is 133 Å². The number of nitrogens with zero attached hydrogens (tertiary/aromatic N) is 3. The lowest BCUT2D eigenvalue weighted by atomic mass is 9.97. The SMILES string of the molecule is Cc1ccccc1-c1nc(-c2ccccc2)nc(-c2ccc3c(c2)oc2c(N(c4ccccc4)c4ccc(-c5ccccc5)cc4)cccc23)c1C. The van der Waals surface area contributed by atoms with Crippen LogP contribution in [-0.4, -0.2) is 9.97 Å². The fourth-order valence-corrected chi connectivity index (χ4v) is 7.16. The summed E-state index contributed by atoms with van der Waals surface area (Å²) in [7, 11) is 0. The molecule has 52 heavy (non-hydrogen) atoms. The van der Waals surface area contributed by atoms with E-state index in [-0.39, 0.29) is 0 Å². The van der Waals surface area contributed by atoms with Gasteiger partial charge in [0, 0.05) is 44.4 Å². The highest BCUT2D eigenvalue weighted by Gasteiger charge is 2.21. The molecule has 248 valence electrons. The van der Waals surface area contributed by atoms with Crippen LogP contribution in [0.15, 0.2) is 180 Å². The molecular weight excluding hydrogens is 635 g/mol. The third-order valence-corrected chi connectivity index (χ3v) is 9.82. The maximum atomic E-state index is 6.87. The molecule has 2 heterocycles. The summed E-state index contributed by atoms with van der Waals surface area (Å²) in [6.45, 7) is 4.25. The van der Waals surface area contributed by atoms with Crippen molar-refractivity contribution in [3.63, 3.8) is 0 Å². The second-order valence-corrected chi connectivity index (χ2v) is 13.1. The van der Waals surface area contributed by atoms with Crippen molar-refractivity contribution in [1.82, 2.24) is 9.97 Å². The molecule has 0 N–H and O–H groups in total. The van der Waals surface area contributed by atoms with E-state index in [2.05, 4.69) is 164 Å². The van der Waals surface area contributed by atoms with Crippen LogP contribution in [0.25, 0.3) is 67.0 Å². The summed E-state index contributed by atoms with van der Waals surface area (Å²) in [4.78, 5) is 12.6. The molecule has 7 aromatic carbocycles. The molecule has 0 radical (unpaired) electrons. The van der Waals surface area contributed by atoms with Crippen molar-refractivity contribution in [2.45, 2.75) is 13.8 Å². The predicted octanol–water partition coefficient (Wildman–Crippen LogP) is 13.1. The number of benzene rings is 7. The molecule has 9 aromatic rings. The Balaban J connectivity index is 1.20. The number of rotatable bonds is 7. The first-order valence-corrected chi connectivity index (χ1v) is 17.6. The van der Waals surface area contributed by atoms with Crippen LogP contribution in [0.2, 0.25) is 0 Å². The highest BCUT2D eigenvalue weighted by Crippen LogP contribution is 2.43. The van der Waals surface area contributed by atoms with Gasteiger partial charge in [-0.3, -0.25) is 0 Å². The van der Waals surface area contributed by atoms with Gasteiger partial charge in [0.25, 0.3) is 0 Å². The number of para-hydroxylation sites is 2. The summed E-state index contributed by atoms with van der Waals surface area (Å²) in [5.41, 5.74) is 14.2. The van der Waals surface area contributed by atoms with Crippen LogP contribution in [0.5, 0.6) is 0 Å². The number of furan rings is 1. The fraction of sp³-hybridized carbons (Fsp3) is 0.0417. The molecule has 4 nitrogen and oxygen atoms in total. The summed E-state index contributed by atoms with van der Waals surface area (Å²) in [5.74, 6) is 0.697. The number of hydrogen-bond donors (Lipinski definition) is 0. The van der Waals surface area contributed by atoms with Gasteiger partial charge in [-0.2, -0.15) is 0 Å². The van der Waals surface area contributed by atoms with Crippen LogP contribution in [0.1, 0.15) is 11.1 Å². The molecule has 0 saturated heterocycles. The average Bonchev–Trinajstić information content (AvgIpc) is 3.59. The zero-order valence-corrected chi connectivity index (χ0v) is 29.0. The van der Waals surface area contributed by atoms with Crippen molar-refractivity contribution < 1.29 is 4.42 Å². The summed E-state index contributed by atoms with van der Waals surface area (Å²) < 4.78 is 6.87. The Morgan fingerprint density at radius 1 is 0.462 bits per heavy atom. The minimum absolute atomic E-state index is 0.697. The van der Waals surface area contributed by atoms with Crippen LogP contribution >= 0.6 is 0 Å². The van der Waals surface area contributed by atoms with Gasteiger partial charge in [0.05, 0.1) is 17.1 Å². The van der Waals surface area contributed by atoms with E-state index in [0.29, 0.717) is 5.82 Å². The Kier molecular flexibility index (Phi) is 7.90. The van der Waals surface area contributed by atoms with E-state index in [4.69, 9.17) is 14.4 Å². The van der Waals surface area contributed by atoms with Crippen LogP contribution in [0, 0.1) is 13.8 Å².